The minimum Gasteiger partial charge on any atom is -0.376 e. The number of tetrazole rings is 1. The first-order chi connectivity index (χ1) is 10.2. The highest BCUT2D eigenvalue weighted by atomic mass is 16.2. The van der Waals surface area contributed by atoms with Gasteiger partial charge in [-0.25, -0.2) is 4.68 Å². The smallest absolute Gasteiger partial charge is 0.241 e. The third kappa shape index (κ3) is 3.56. The lowest BCUT2D eigenvalue weighted by Crippen LogP contribution is -2.35. The molecule has 0 unspecified atom stereocenters. The molecule has 1 aromatic heterocycles. The van der Waals surface area contributed by atoms with Gasteiger partial charge in [-0.2, -0.15) is 0 Å². The van der Waals surface area contributed by atoms with Crippen molar-refractivity contribution in [2.75, 3.05) is 25.0 Å². The first kappa shape index (κ1) is 15.0. The Labute approximate surface area is 123 Å². The number of nitrogens with one attached hydrogen (secondary N) is 1. The summed E-state index contributed by atoms with van der Waals surface area (Å²) in [6.07, 6.45) is 0. The van der Waals surface area contributed by atoms with Crippen LogP contribution >= 0.6 is 0 Å². The first-order valence-electron chi connectivity index (χ1n) is 7.00. The first-order valence-corrected chi connectivity index (χ1v) is 7.00. The molecule has 0 fully saturated rings. The second-order valence-corrected chi connectivity index (χ2v) is 4.63. The Morgan fingerprint density at radius 2 is 2.10 bits per heavy atom. The van der Waals surface area contributed by atoms with Crippen molar-refractivity contribution in [2.45, 2.75) is 13.8 Å². The molecular weight excluding hydrogens is 268 g/mol. The molecular formula is C14H20N6O. The van der Waals surface area contributed by atoms with E-state index in [1.807, 2.05) is 38.1 Å². The molecule has 0 bridgehead atoms. The van der Waals surface area contributed by atoms with Crippen LogP contribution in [0.1, 0.15) is 13.8 Å². The van der Waals surface area contributed by atoms with Gasteiger partial charge in [-0.1, -0.05) is 12.1 Å². The lowest BCUT2D eigenvalue weighted by molar-refractivity contribution is -0.128. The lowest BCUT2D eigenvalue weighted by atomic mass is 10.2. The van der Waals surface area contributed by atoms with Gasteiger partial charge in [0.25, 0.3) is 0 Å². The van der Waals surface area contributed by atoms with Gasteiger partial charge in [-0.05, 0) is 36.4 Å². The number of hydrogen-bond donors (Lipinski definition) is 1. The average molecular weight is 288 g/mol. The van der Waals surface area contributed by atoms with E-state index < -0.39 is 0 Å². The van der Waals surface area contributed by atoms with Crippen LogP contribution in [-0.2, 0) is 11.8 Å². The van der Waals surface area contributed by atoms with E-state index >= 15 is 0 Å². The Balaban J connectivity index is 2.05. The molecule has 0 radical (unpaired) electrons. The highest BCUT2D eigenvalue weighted by Gasteiger charge is 2.10. The number of benzene rings is 1. The van der Waals surface area contributed by atoms with Gasteiger partial charge in [0.15, 0.2) is 5.82 Å². The number of likely N-dealkylation sites (N-methyl/N-ethyl adjacent to an activating group) is 1. The molecule has 112 valence electrons. The van der Waals surface area contributed by atoms with E-state index in [1.54, 1.807) is 16.6 Å². The fourth-order valence-corrected chi connectivity index (χ4v) is 2.11. The fourth-order valence-electron chi connectivity index (χ4n) is 2.11. The molecule has 0 aliphatic rings. The maximum atomic E-state index is 12.0. The van der Waals surface area contributed by atoms with Gasteiger partial charge in [0.2, 0.25) is 5.91 Å². The lowest BCUT2D eigenvalue weighted by Gasteiger charge is -2.19. The van der Waals surface area contributed by atoms with Crippen LogP contribution in [0.25, 0.3) is 11.4 Å². The Morgan fingerprint density at radius 1 is 1.33 bits per heavy atom. The van der Waals surface area contributed by atoms with E-state index in [4.69, 9.17) is 0 Å². The predicted molar refractivity (Wildman–Crippen MR) is 80.7 cm³/mol. The zero-order chi connectivity index (χ0) is 15.2. The van der Waals surface area contributed by atoms with Crippen molar-refractivity contribution in [3.8, 4) is 11.4 Å². The van der Waals surface area contributed by atoms with Crippen molar-refractivity contribution in [2.24, 2.45) is 7.05 Å². The maximum absolute atomic E-state index is 12.0. The minimum absolute atomic E-state index is 0.0886. The van der Waals surface area contributed by atoms with Gasteiger partial charge in [-0.3, -0.25) is 4.79 Å². The van der Waals surface area contributed by atoms with Crippen molar-refractivity contribution >= 4 is 11.6 Å². The highest BCUT2D eigenvalue weighted by Crippen LogP contribution is 2.19. The standard InChI is InChI=1S/C14H20N6O/c1-4-20(5-2)13(21)10-15-12-8-6-7-11(9-12)14-16-17-18-19(14)3/h6-9,15H,4-5,10H2,1-3H3. The van der Waals surface area contributed by atoms with E-state index in [0.29, 0.717) is 5.82 Å². The fraction of sp³-hybridized carbons (Fsp3) is 0.429. The molecule has 0 saturated carbocycles. The molecule has 0 spiro atoms. The summed E-state index contributed by atoms with van der Waals surface area (Å²) >= 11 is 0. The van der Waals surface area contributed by atoms with E-state index in [-0.39, 0.29) is 12.5 Å². The monoisotopic (exact) mass is 288 g/mol. The molecule has 0 aliphatic heterocycles. The molecule has 0 atom stereocenters. The number of amides is 1. The topological polar surface area (TPSA) is 75.9 Å². The third-order valence-corrected chi connectivity index (χ3v) is 3.30. The SMILES string of the molecule is CCN(CC)C(=O)CNc1cccc(-c2nnnn2C)c1. The molecule has 0 saturated heterocycles. The van der Waals surface area contributed by atoms with Gasteiger partial charge < -0.3 is 10.2 Å². The van der Waals surface area contributed by atoms with Gasteiger partial charge in [0, 0.05) is 31.4 Å². The number of aryl methyl sites for hydroxylation is 1. The summed E-state index contributed by atoms with van der Waals surface area (Å²) in [5.41, 5.74) is 1.78. The molecule has 1 heterocycles. The van der Waals surface area contributed by atoms with Crippen LogP contribution in [0.2, 0.25) is 0 Å². The number of hydrogen-bond acceptors (Lipinski definition) is 5. The molecule has 0 aliphatic carbocycles. The second-order valence-electron chi connectivity index (χ2n) is 4.63. The number of carbonyl (C=O) groups is 1. The van der Waals surface area contributed by atoms with Crippen molar-refractivity contribution in [3.05, 3.63) is 24.3 Å². The summed E-state index contributed by atoms with van der Waals surface area (Å²) in [5, 5.41) is 14.6. The highest BCUT2D eigenvalue weighted by molar-refractivity contribution is 5.81. The summed E-state index contributed by atoms with van der Waals surface area (Å²) in [6, 6.07) is 7.70. The van der Waals surface area contributed by atoms with Crippen LogP contribution in [0.15, 0.2) is 24.3 Å². The molecule has 7 heteroatoms. The molecule has 1 N–H and O–H groups in total. The summed E-state index contributed by atoms with van der Waals surface area (Å²) in [7, 11) is 1.79. The number of carbonyl (C=O) groups excluding carboxylic acids is 1. The van der Waals surface area contributed by atoms with Crippen LogP contribution in [-0.4, -0.2) is 50.6 Å². The zero-order valence-corrected chi connectivity index (χ0v) is 12.6. The van der Waals surface area contributed by atoms with E-state index in [1.165, 1.54) is 0 Å². The molecule has 1 amide bonds. The van der Waals surface area contributed by atoms with E-state index in [2.05, 4.69) is 20.8 Å². The van der Waals surface area contributed by atoms with Crippen molar-refractivity contribution in [3.63, 3.8) is 0 Å². The summed E-state index contributed by atoms with van der Waals surface area (Å²) in [4.78, 5) is 13.8. The molecule has 21 heavy (non-hydrogen) atoms. The summed E-state index contributed by atoms with van der Waals surface area (Å²) in [6.45, 7) is 5.68. The van der Waals surface area contributed by atoms with Crippen LogP contribution in [0, 0.1) is 0 Å². The molecule has 7 nitrogen and oxygen atoms in total. The summed E-state index contributed by atoms with van der Waals surface area (Å²) in [5.74, 6) is 0.777. The van der Waals surface area contributed by atoms with Crippen molar-refractivity contribution in [1.82, 2.24) is 25.1 Å². The number of nitrogens with zero attached hydrogens (tertiary/aromatic N) is 5. The largest absolute Gasteiger partial charge is 0.376 e. The van der Waals surface area contributed by atoms with Crippen LogP contribution in [0.4, 0.5) is 5.69 Å². The van der Waals surface area contributed by atoms with Gasteiger partial charge in [0.05, 0.1) is 6.54 Å². The van der Waals surface area contributed by atoms with Crippen LogP contribution in [0.3, 0.4) is 0 Å². The van der Waals surface area contributed by atoms with Crippen molar-refractivity contribution < 1.29 is 4.79 Å². The molecule has 2 aromatic rings. The Bertz CT molecular complexity index is 605. The minimum atomic E-state index is 0.0886. The van der Waals surface area contributed by atoms with Crippen LogP contribution < -0.4 is 5.32 Å². The van der Waals surface area contributed by atoms with Crippen LogP contribution in [0.5, 0.6) is 0 Å². The Hall–Kier alpha value is -2.44. The molecule has 2 rings (SSSR count). The Morgan fingerprint density at radius 3 is 2.71 bits per heavy atom. The number of anilines is 1. The average Bonchev–Trinajstić information content (AvgIpc) is 2.93. The van der Waals surface area contributed by atoms with Gasteiger partial charge in [0.1, 0.15) is 0 Å². The molecule has 1 aromatic carbocycles. The zero-order valence-electron chi connectivity index (χ0n) is 12.6. The quantitative estimate of drug-likeness (QED) is 0.863. The van der Waals surface area contributed by atoms with Gasteiger partial charge in [-0.15, -0.1) is 5.10 Å². The Kier molecular flexibility index (Phi) is 4.86. The normalized spacial score (nSPS) is 10.4. The maximum Gasteiger partial charge on any atom is 0.241 e. The van der Waals surface area contributed by atoms with Crippen molar-refractivity contribution in [1.29, 1.82) is 0 Å². The summed E-state index contributed by atoms with van der Waals surface area (Å²) < 4.78 is 1.61. The number of rotatable bonds is 6. The third-order valence-electron chi connectivity index (χ3n) is 3.30. The second kappa shape index (κ2) is 6.83. The van der Waals surface area contributed by atoms with E-state index in [9.17, 15) is 4.79 Å². The van der Waals surface area contributed by atoms with E-state index in [0.717, 1.165) is 24.3 Å². The predicted octanol–water partition coefficient (Wildman–Crippen LogP) is 1.16. The number of aromatic nitrogens is 4. The van der Waals surface area contributed by atoms with Gasteiger partial charge >= 0.3 is 0 Å².